The van der Waals surface area contributed by atoms with Gasteiger partial charge in [-0.25, -0.2) is 4.98 Å². The molecule has 0 aromatic carbocycles. The Morgan fingerprint density at radius 2 is 1.85 bits per heavy atom. The van der Waals surface area contributed by atoms with E-state index in [1.54, 1.807) is 0 Å². The van der Waals surface area contributed by atoms with Crippen molar-refractivity contribution in [3.8, 4) is 0 Å². The highest BCUT2D eigenvalue weighted by Crippen LogP contribution is 2.40. The third kappa shape index (κ3) is 3.48. The lowest BCUT2D eigenvalue weighted by Gasteiger charge is -2.35. The van der Waals surface area contributed by atoms with Crippen LogP contribution in [0.3, 0.4) is 0 Å². The fourth-order valence-corrected chi connectivity index (χ4v) is 4.47. The molecule has 0 N–H and O–H groups in total. The van der Waals surface area contributed by atoms with Crippen molar-refractivity contribution in [2.24, 2.45) is 5.92 Å². The number of carbonyl (C=O) groups is 1. The largest absolute Gasteiger partial charge is 0.379 e. The number of nitrogens with zero attached hydrogens (tertiary/aromatic N) is 4. The van der Waals surface area contributed by atoms with Crippen molar-refractivity contribution < 1.29 is 9.53 Å². The molecule has 2 saturated heterocycles. The van der Waals surface area contributed by atoms with Gasteiger partial charge in [-0.15, -0.1) is 0 Å². The number of pyridine rings is 1. The summed E-state index contributed by atoms with van der Waals surface area (Å²) < 4.78 is 7.56. The lowest BCUT2D eigenvalue weighted by molar-refractivity contribution is 0.0242. The van der Waals surface area contributed by atoms with Gasteiger partial charge >= 0.3 is 0 Å². The summed E-state index contributed by atoms with van der Waals surface area (Å²) in [7, 11) is 0. The maximum atomic E-state index is 13.2. The molecular weight excluding hydrogens is 340 g/mol. The van der Waals surface area contributed by atoms with Crippen molar-refractivity contribution in [3.63, 3.8) is 0 Å². The third-order valence-electron chi connectivity index (χ3n) is 6.24. The van der Waals surface area contributed by atoms with Gasteiger partial charge in [-0.1, -0.05) is 6.07 Å². The first kappa shape index (κ1) is 17.2. The number of amides is 1. The summed E-state index contributed by atoms with van der Waals surface area (Å²) in [6.07, 6.45) is 6.60. The van der Waals surface area contributed by atoms with E-state index in [2.05, 4.69) is 9.30 Å². The second-order valence-electron chi connectivity index (χ2n) is 8.20. The van der Waals surface area contributed by atoms with Gasteiger partial charge in [-0.3, -0.25) is 9.69 Å². The summed E-state index contributed by atoms with van der Waals surface area (Å²) >= 11 is 0. The molecule has 0 radical (unpaired) electrons. The van der Waals surface area contributed by atoms with Crippen molar-refractivity contribution in [2.75, 3.05) is 45.9 Å². The van der Waals surface area contributed by atoms with E-state index in [0.717, 1.165) is 70.1 Å². The summed E-state index contributed by atoms with van der Waals surface area (Å²) in [5.41, 5.74) is 1.60. The first-order valence-electron chi connectivity index (χ1n) is 10.4. The van der Waals surface area contributed by atoms with E-state index in [4.69, 9.17) is 9.72 Å². The molecule has 1 amide bonds. The molecule has 1 saturated carbocycles. The molecule has 6 heteroatoms. The minimum Gasteiger partial charge on any atom is -0.379 e. The summed E-state index contributed by atoms with van der Waals surface area (Å²) in [4.78, 5) is 22.5. The smallest absolute Gasteiger partial charge is 0.274 e. The molecule has 1 aliphatic carbocycles. The van der Waals surface area contributed by atoms with Gasteiger partial charge in [-0.05, 0) is 43.7 Å². The van der Waals surface area contributed by atoms with E-state index in [0.29, 0.717) is 17.5 Å². The second-order valence-corrected chi connectivity index (χ2v) is 8.20. The first-order valence-corrected chi connectivity index (χ1v) is 10.4. The van der Waals surface area contributed by atoms with Crippen LogP contribution < -0.4 is 0 Å². The summed E-state index contributed by atoms with van der Waals surface area (Å²) in [6, 6.07) is 6.04. The van der Waals surface area contributed by atoms with Gasteiger partial charge in [0.15, 0.2) is 5.69 Å². The van der Waals surface area contributed by atoms with Gasteiger partial charge < -0.3 is 14.0 Å². The Balaban J connectivity index is 1.26. The van der Waals surface area contributed by atoms with Gasteiger partial charge in [0.2, 0.25) is 0 Å². The monoisotopic (exact) mass is 368 g/mol. The number of hydrogen-bond donors (Lipinski definition) is 0. The lowest BCUT2D eigenvalue weighted by Crippen LogP contribution is -2.44. The molecule has 2 aromatic heterocycles. The minimum absolute atomic E-state index is 0.107. The Morgan fingerprint density at radius 1 is 1.07 bits per heavy atom. The lowest BCUT2D eigenvalue weighted by atomic mass is 9.95. The standard InChI is InChI=1S/C21H28N4O2/c26-21(19-18-3-1-2-8-25(18)20(22-19)17-4-5-17)24-9-6-16(7-10-24)15-23-11-13-27-14-12-23/h1-3,8,16-17H,4-7,9-15H2. The third-order valence-corrected chi connectivity index (χ3v) is 6.24. The minimum atomic E-state index is 0.107. The van der Waals surface area contributed by atoms with E-state index in [1.807, 2.05) is 29.3 Å². The molecule has 2 aromatic rings. The van der Waals surface area contributed by atoms with Crippen LogP contribution in [0.1, 0.15) is 47.9 Å². The molecule has 6 nitrogen and oxygen atoms in total. The SMILES string of the molecule is O=C(c1nc(C2CC2)n2ccccc12)N1CCC(CN2CCOCC2)CC1. The number of aromatic nitrogens is 2. The molecule has 2 aliphatic heterocycles. The molecule has 3 fully saturated rings. The van der Waals surface area contributed by atoms with Gasteiger partial charge in [0.25, 0.3) is 5.91 Å². The van der Waals surface area contributed by atoms with Crippen molar-refractivity contribution >= 4 is 11.4 Å². The predicted molar refractivity (Wildman–Crippen MR) is 103 cm³/mol. The Bertz CT molecular complexity index is 815. The zero-order valence-corrected chi connectivity index (χ0v) is 15.8. The molecule has 144 valence electrons. The van der Waals surface area contributed by atoms with Gasteiger partial charge in [-0.2, -0.15) is 0 Å². The van der Waals surface area contributed by atoms with Crippen molar-refractivity contribution in [2.45, 2.75) is 31.6 Å². The molecule has 27 heavy (non-hydrogen) atoms. The fraction of sp³-hybridized carbons (Fsp3) is 0.619. The summed E-state index contributed by atoms with van der Waals surface area (Å²) in [5.74, 6) is 2.39. The highest BCUT2D eigenvalue weighted by molar-refractivity contribution is 5.99. The van der Waals surface area contributed by atoms with Gasteiger partial charge in [0.1, 0.15) is 5.82 Å². The van der Waals surface area contributed by atoms with Crippen molar-refractivity contribution in [1.82, 2.24) is 19.2 Å². The van der Waals surface area contributed by atoms with Gasteiger partial charge in [0.05, 0.1) is 18.7 Å². The van der Waals surface area contributed by atoms with Crippen LogP contribution in [0.25, 0.3) is 5.52 Å². The van der Waals surface area contributed by atoms with Crippen LogP contribution in [0.5, 0.6) is 0 Å². The maximum Gasteiger partial charge on any atom is 0.274 e. The van der Waals surface area contributed by atoms with Crippen LogP contribution in [0.2, 0.25) is 0 Å². The highest BCUT2D eigenvalue weighted by atomic mass is 16.5. The number of likely N-dealkylation sites (tertiary alicyclic amines) is 1. The number of fused-ring (bicyclic) bond motifs is 1. The van der Waals surface area contributed by atoms with E-state index >= 15 is 0 Å². The van der Waals surface area contributed by atoms with Crippen LogP contribution in [-0.4, -0.2) is 71.0 Å². The van der Waals surface area contributed by atoms with Crippen molar-refractivity contribution in [1.29, 1.82) is 0 Å². The molecule has 3 aliphatic rings. The molecular formula is C21H28N4O2. The van der Waals surface area contributed by atoms with Gasteiger partial charge in [0, 0.05) is 44.8 Å². The quantitative estimate of drug-likeness (QED) is 0.832. The molecule has 0 atom stereocenters. The Labute approximate surface area is 160 Å². The molecule has 0 bridgehead atoms. The summed E-state index contributed by atoms with van der Waals surface area (Å²) in [5, 5.41) is 0. The normalized spacial score (nSPS) is 22.4. The first-order chi connectivity index (χ1) is 13.3. The number of imidazole rings is 1. The zero-order chi connectivity index (χ0) is 18.2. The van der Waals surface area contributed by atoms with Crippen LogP contribution in [0, 0.1) is 5.92 Å². The van der Waals surface area contributed by atoms with E-state index < -0.39 is 0 Å². The van der Waals surface area contributed by atoms with E-state index in [-0.39, 0.29) is 5.91 Å². The second kappa shape index (κ2) is 7.24. The number of carbonyl (C=O) groups excluding carboxylic acids is 1. The topological polar surface area (TPSA) is 50.1 Å². The number of rotatable bonds is 4. The average Bonchev–Trinajstić information content (AvgIpc) is 3.49. The Kier molecular flexibility index (Phi) is 4.61. The average molecular weight is 368 g/mol. The number of hydrogen-bond acceptors (Lipinski definition) is 4. The molecule has 0 spiro atoms. The van der Waals surface area contributed by atoms with Crippen LogP contribution in [-0.2, 0) is 4.74 Å². The van der Waals surface area contributed by atoms with Crippen LogP contribution in [0.15, 0.2) is 24.4 Å². The van der Waals surface area contributed by atoms with E-state index in [9.17, 15) is 4.79 Å². The number of ether oxygens (including phenoxy) is 1. The van der Waals surface area contributed by atoms with Crippen molar-refractivity contribution in [3.05, 3.63) is 35.9 Å². The number of morpholine rings is 1. The van der Waals surface area contributed by atoms with E-state index in [1.165, 1.54) is 12.8 Å². The molecule has 0 unspecified atom stereocenters. The fourth-order valence-electron chi connectivity index (χ4n) is 4.47. The number of piperidine rings is 1. The molecule has 4 heterocycles. The highest BCUT2D eigenvalue weighted by Gasteiger charge is 2.32. The van der Waals surface area contributed by atoms with Crippen LogP contribution in [0.4, 0.5) is 0 Å². The van der Waals surface area contributed by atoms with Crippen LogP contribution >= 0.6 is 0 Å². The molecule has 5 rings (SSSR count). The Morgan fingerprint density at radius 3 is 2.59 bits per heavy atom. The maximum absolute atomic E-state index is 13.2. The predicted octanol–water partition coefficient (Wildman–Crippen LogP) is 2.40. The Hall–Kier alpha value is -1.92. The summed E-state index contributed by atoms with van der Waals surface area (Å²) in [6.45, 7) is 6.64. The zero-order valence-electron chi connectivity index (χ0n) is 15.8.